The van der Waals surface area contributed by atoms with E-state index in [1.807, 2.05) is 0 Å². The van der Waals surface area contributed by atoms with E-state index in [-0.39, 0.29) is 90.7 Å². The van der Waals surface area contributed by atoms with Crippen LogP contribution in [0.2, 0.25) is 10.0 Å². The van der Waals surface area contributed by atoms with Gasteiger partial charge in [-0.05, 0) is 47.7 Å². The van der Waals surface area contributed by atoms with Crippen LogP contribution < -0.4 is 4.74 Å². The number of amides is 1. The quantitative estimate of drug-likeness (QED) is 0.148. The van der Waals surface area contributed by atoms with Gasteiger partial charge in [0.05, 0.1) is 24.3 Å². The summed E-state index contributed by atoms with van der Waals surface area (Å²) in [4.78, 5) is 26.1. The summed E-state index contributed by atoms with van der Waals surface area (Å²) in [6.45, 7) is -0.978. The molecule has 0 radical (unpaired) electrons. The van der Waals surface area contributed by atoms with Crippen LogP contribution in [-0.4, -0.2) is 67.0 Å². The Labute approximate surface area is 268 Å². The van der Waals surface area contributed by atoms with Gasteiger partial charge < -0.3 is 24.8 Å². The molecule has 218 valence electrons. The first-order valence-corrected chi connectivity index (χ1v) is 12.8. The fraction of sp³-hybridized carbons (Fsp3) is 0.250. The second-order valence-electron chi connectivity index (χ2n) is 8.87. The molecule has 7 nitrogen and oxygen atoms in total. The average molecular weight is 725 g/mol. The third-order valence-corrected chi connectivity index (χ3v) is 6.63. The number of aliphatic hydroxyl groups is 1. The number of carbonyl (C=O) groups is 1. The number of hydrogen-bond acceptors (Lipinski definition) is 5. The predicted molar refractivity (Wildman–Crippen MR) is 145 cm³/mol. The number of halogens is 6. The van der Waals surface area contributed by atoms with Crippen LogP contribution in [0.1, 0.15) is 15.9 Å². The van der Waals surface area contributed by atoms with Gasteiger partial charge >= 0.3 is 6.18 Å². The van der Waals surface area contributed by atoms with Crippen LogP contribution in [0.3, 0.4) is 0 Å². The van der Waals surface area contributed by atoms with Crippen molar-refractivity contribution < 1.29 is 69.0 Å². The molecule has 1 amide bonds. The molecule has 1 saturated heterocycles. The molecule has 0 spiro atoms. The minimum absolute atomic E-state index is 0. The molecule has 0 unspecified atom stereocenters. The SMILES string of the molecule is O=C=C([N-]c1ccc(-c2cc(C(=O)N3CC(OCCO)C3)ccc2Cl)cc1OCC(F)(F)F)c1c(F)cccc1Cl.[Cd]. The van der Waals surface area contributed by atoms with Gasteiger partial charge in [0.1, 0.15) is 17.5 Å². The molecule has 0 aromatic heterocycles. The van der Waals surface area contributed by atoms with E-state index in [1.54, 1.807) is 0 Å². The number of alkyl halides is 3. The van der Waals surface area contributed by atoms with Crippen molar-refractivity contribution in [1.29, 1.82) is 0 Å². The number of nitrogens with zero attached hydrogens (tertiary/aromatic N) is 2. The predicted octanol–water partition coefficient (Wildman–Crippen LogP) is 6.45. The van der Waals surface area contributed by atoms with Gasteiger partial charge in [-0.2, -0.15) is 13.2 Å². The molecule has 1 heterocycles. The van der Waals surface area contributed by atoms with E-state index < -0.39 is 24.3 Å². The third-order valence-electron chi connectivity index (χ3n) is 5.98. The molecule has 0 saturated carbocycles. The molecule has 1 N–H and O–H groups in total. The molecule has 4 rings (SSSR count). The Hall–Kier alpha value is -2.68. The molecule has 0 aliphatic carbocycles. The number of carbonyl (C=O) groups excluding carboxylic acids is 2. The van der Waals surface area contributed by atoms with Gasteiger partial charge in [0, 0.05) is 62.1 Å². The average Bonchev–Trinajstić information content (AvgIpc) is 2.90. The third kappa shape index (κ3) is 8.24. The smallest absolute Gasteiger partial charge is 0.422 e. The second kappa shape index (κ2) is 14.7. The van der Waals surface area contributed by atoms with E-state index in [9.17, 15) is 27.2 Å². The zero-order valence-corrected chi connectivity index (χ0v) is 27.3. The van der Waals surface area contributed by atoms with Gasteiger partial charge in [0.25, 0.3) is 5.91 Å². The monoisotopic (exact) mass is 725 g/mol. The molecule has 1 aliphatic rings. The molecule has 42 heavy (non-hydrogen) atoms. The summed E-state index contributed by atoms with van der Waals surface area (Å²) >= 11 is 12.4. The Balaban J connectivity index is 0.00000484. The molecule has 0 bridgehead atoms. The molecular weight excluding hydrogens is 704 g/mol. The molecule has 14 heteroatoms. The summed E-state index contributed by atoms with van der Waals surface area (Å²) in [6, 6.07) is 12.1. The van der Waals surface area contributed by atoms with Crippen molar-refractivity contribution in [2.24, 2.45) is 0 Å². The molecule has 3 aromatic carbocycles. The first kappa shape index (κ1) is 33.8. The van der Waals surface area contributed by atoms with E-state index in [4.69, 9.17) is 37.8 Å². The second-order valence-corrected chi connectivity index (χ2v) is 9.68. The van der Waals surface area contributed by atoms with Gasteiger partial charge in [-0.3, -0.25) is 4.79 Å². The van der Waals surface area contributed by atoms with Crippen molar-refractivity contribution in [2.75, 3.05) is 32.9 Å². The Kier molecular flexibility index (Phi) is 11.8. The van der Waals surface area contributed by atoms with Gasteiger partial charge in [0.15, 0.2) is 6.61 Å². The van der Waals surface area contributed by atoms with Gasteiger partial charge in [-0.1, -0.05) is 47.1 Å². The molecular formula is C28H21CdCl2F4N2O5-. The number of rotatable bonds is 10. The topological polar surface area (TPSA) is 90.2 Å². The van der Waals surface area contributed by atoms with Crippen LogP contribution in [0.5, 0.6) is 5.75 Å². The van der Waals surface area contributed by atoms with Crippen LogP contribution in [-0.2, 0) is 36.8 Å². The molecule has 1 fully saturated rings. The molecule has 0 atom stereocenters. The van der Waals surface area contributed by atoms with E-state index >= 15 is 0 Å². The minimum Gasteiger partial charge on any atom is -0.645 e. The molecule has 1 aliphatic heterocycles. The number of ether oxygens (including phenoxy) is 2. The zero-order valence-electron chi connectivity index (χ0n) is 21.8. The number of likely N-dealkylation sites (tertiary alicyclic amines) is 1. The van der Waals surface area contributed by atoms with Crippen molar-refractivity contribution in [3.8, 4) is 16.9 Å². The maximum Gasteiger partial charge on any atom is 0.422 e. The zero-order chi connectivity index (χ0) is 29.7. The minimum atomic E-state index is -4.70. The van der Waals surface area contributed by atoms with E-state index in [2.05, 4.69) is 5.32 Å². The van der Waals surface area contributed by atoms with Gasteiger partial charge in [-0.15, -0.1) is 0 Å². The van der Waals surface area contributed by atoms with E-state index in [1.165, 1.54) is 59.4 Å². The summed E-state index contributed by atoms with van der Waals surface area (Å²) in [6.07, 6.45) is -4.89. The Morgan fingerprint density at radius 2 is 1.83 bits per heavy atom. The van der Waals surface area contributed by atoms with Crippen molar-refractivity contribution in [3.63, 3.8) is 0 Å². The maximum absolute atomic E-state index is 14.4. The normalized spacial score (nSPS) is 13.1. The largest absolute Gasteiger partial charge is 0.645 e. The van der Waals surface area contributed by atoms with Crippen molar-refractivity contribution >= 4 is 46.4 Å². The fourth-order valence-corrected chi connectivity index (χ4v) is 4.49. The summed E-state index contributed by atoms with van der Waals surface area (Å²) in [5.74, 6) is -0.107. The Bertz CT molecular complexity index is 1480. The first-order valence-electron chi connectivity index (χ1n) is 12.1. The summed E-state index contributed by atoms with van der Waals surface area (Å²) in [5.41, 5.74) is -0.309. The van der Waals surface area contributed by atoms with Crippen LogP contribution >= 0.6 is 23.2 Å². The van der Waals surface area contributed by atoms with Crippen LogP contribution in [0.25, 0.3) is 22.1 Å². The molecule has 3 aromatic rings. The van der Waals surface area contributed by atoms with Crippen LogP contribution in [0.4, 0.5) is 23.2 Å². The number of hydrogen-bond donors (Lipinski definition) is 1. The first-order chi connectivity index (χ1) is 19.5. The van der Waals surface area contributed by atoms with Crippen molar-refractivity contribution in [3.05, 3.63) is 86.9 Å². The fourth-order valence-electron chi connectivity index (χ4n) is 4.01. The maximum atomic E-state index is 14.4. The summed E-state index contributed by atoms with van der Waals surface area (Å²) < 4.78 is 63.9. The number of aliphatic hydroxyl groups excluding tert-OH is 1. The van der Waals surface area contributed by atoms with Gasteiger partial charge in [-0.25, -0.2) is 9.18 Å². The van der Waals surface area contributed by atoms with E-state index in [0.717, 1.165) is 6.07 Å². The van der Waals surface area contributed by atoms with Crippen LogP contribution in [0, 0.1) is 5.82 Å². The van der Waals surface area contributed by atoms with Crippen molar-refractivity contribution in [1.82, 2.24) is 4.90 Å². The van der Waals surface area contributed by atoms with Gasteiger partial charge in [0.2, 0.25) is 0 Å². The standard InChI is InChI=1S/C28H21Cl2F4N2O5.Cd/c29-20-6-4-17(27(39)36-12-18(13-36)40-9-8-37)10-19(20)16-5-7-23(25(11-16)41-15-28(32,33)34)35-24(14-38)26-21(30)2-1-3-22(26)31;/h1-7,10-11,18,37H,8-9,12-13,15H2;/q-1;. The van der Waals surface area contributed by atoms with Crippen molar-refractivity contribution in [2.45, 2.75) is 12.3 Å². The van der Waals surface area contributed by atoms with E-state index in [0.29, 0.717) is 18.7 Å². The number of benzene rings is 3. The Morgan fingerprint density at radius 3 is 2.48 bits per heavy atom. The Morgan fingerprint density at radius 1 is 1.10 bits per heavy atom. The summed E-state index contributed by atoms with van der Waals surface area (Å²) in [7, 11) is 0. The summed E-state index contributed by atoms with van der Waals surface area (Å²) in [5, 5.41) is 12.9. The van der Waals surface area contributed by atoms with Crippen LogP contribution in [0.15, 0.2) is 54.6 Å².